The third-order valence-electron chi connectivity index (χ3n) is 9.51. The monoisotopic (exact) mass is 671 g/mol. The van der Waals surface area contributed by atoms with E-state index in [1.165, 1.54) is 43.8 Å². The van der Waals surface area contributed by atoms with Gasteiger partial charge in [0.2, 0.25) is 0 Å². The number of pyridine rings is 2. The highest BCUT2D eigenvalue weighted by atomic mass is 17.0. The molecular weight excluding hydrogens is 634 g/mol. The van der Waals surface area contributed by atoms with Gasteiger partial charge in [-0.05, 0) is 109 Å². The summed E-state index contributed by atoms with van der Waals surface area (Å²) in [6.07, 6.45) is 7.54. The van der Waals surface area contributed by atoms with E-state index < -0.39 is 0 Å². The topological polar surface area (TPSA) is 125 Å². The summed E-state index contributed by atoms with van der Waals surface area (Å²) in [5.74, 6) is 1.46. The van der Waals surface area contributed by atoms with Crippen molar-refractivity contribution in [2.45, 2.75) is 27.7 Å². The number of ether oxygens (including phenoxy) is 4. The lowest BCUT2D eigenvalue weighted by Gasteiger charge is -2.10. The molecule has 4 heterocycles. The molecule has 0 aliphatic rings. The van der Waals surface area contributed by atoms with Crippen LogP contribution in [0.4, 0.5) is 0 Å². The van der Waals surface area contributed by atoms with E-state index in [9.17, 15) is 0 Å². The molecule has 0 atom stereocenters. The quantitative estimate of drug-likeness (QED) is 0.0633. The van der Waals surface area contributed by atoms with Crippen LogP contribution in [-0.2, 0) is 19.1 Å². The second kappa shape index (κ2) is 13.5. The van der Waals surface area contributed by atoms with Crippen molar-refractivity contribution < 1.29 is 28.6 Å². The Labute approximate surface area is 287 Å². The maximum atomic E-state index is 5.97. The second-order valence-electron chi connectivity index (χ2n) is 12.3. The van der Waals surface area contributed by atoms with E-state index in [1.54, 1.807) is 0 Å². The van der Waals surface area contributed by atoms with Crippen molar-refractivity contribution in [3.05, 3.63) is 95.6 Å². The van der Waals surface area contributed by atoms with Gasteiger partial charge in [-0.2, -0.15) is 0 Å². The first kappa shape index (κ1) is 31.9. The van der Waals surface area contributed by atoms with Crippen molar-refractivity contribution in [2.75, 3.05) is 33.6 Å². The molecule has 0 unspecified atom stereocenters. The van der Waals surface area contributed by atoms with Crippen molar-refractivity contribution in [2.24, 2.45) is 0 Å². The van der Waals surface area contributed by atoms with Gasteiger partial charge in [-0.3, -0.25) is 9.97 Å². The van der Waals surface area contributed by atoms with Gasteiger partial charge in [-0.25, -0.2) is 9.68 Å². The van der Waals surface area contributed by atoms with Crippen molar-refractivity contribution in [1.29, 1.82) is 0 Å². The maximum Gasteiger partial charge on any atom is 0.191 e. The Morgan fingerprint density at radius 1 is 0.540 bits per heavy atom. The summed E-state index contributed by atoms with van der Waals surface area (Å²) in [5.41, 5.74) is 11.5. The maximum absolute atomic E-state index is 5.97. The highest BCUT2D eigenvalue weighted by Crippen LogP contribution is 2.39. The van der Waals surface area contributed by atoms with Crippen LogP contribution in [-0.4, -0.2) is 53.5 Å². The Bertz CT molecular complexity index is 2350. The molecule has 0 spiro atoms. The van der Waals surface area contributed by atoms with Gasteiger partial charge in [0.1, 0.15) is 18.1 Å². The summed E-state index contributed by atoms with van der Waals surface area (Å²) >= 11 is 0. The molecule has 11 nitrogen and oxygen atoms in total. The van der Waals surface area contributed by atoms with Crippen LogP contribution >= 0.6 is 0 Å². The third kappa shape index (κ3) is 5.74. The average molecular weight is 672 g/mol. The molecule has 3 N–H and O–H groups in total. The number of nitrogens with zero attached hydrogens (tertiary/aromatic N) is 2. The summed E-state index contributed by atoms with van der Waals surface area (Å²) in [6, 6.07) is 16.2. The molecule has 8 rings (SSSR count). The van der Waals surface area contributed by atoms with Crippen LogP contribution in [0.1, 0.15) is 22.3 Å². The second-order valence-corrected chi connectivity index (χ2v) is 12.3. The van der Waals surface area contributed by atoms with Crippen LogP contribution in [0.25, 0.3) is 65.2 Å². The van der Waals surface area contributed by atoms with Crippen LogP contribution in [0.2, 0.25) is 0 Å². The molecule has 0 aliphatic heterocycles. The van der Waals surface area contributed by atoms with Crippen molar-refractivity contribution in [3.63, 3.8) is 0 Å². The largest absolute Gasteiger partial charge is 0.491 e. The number of H-pyrrole nitrogens is 2. The summed E-state index contributed by atoms with van der Waals surface area (Å²) < 4.78 is 22.7. The van der Waals surface area contributed by atoms with Crippen LogP contribution < -0.4 is 15.1 Å². The number of hydrogen-bond acceptors (Lipinski definition) is 9. The Balaban J connectivity index is 0.761. The summed E-state index contributed by atoms with van der Waals surface area (Å²) in [6.45, 7) is 9.14. The molecule has 4 aromatic heterocycles. The van der Waals surface area contributed by atoms with Gasteiger partial charge < -0.3 is 28.9 Å². The Morgan fingerprint density at radius 2 is 1.08 bits per heavy atom. The van der Waals surface area contributed by atoms with Gasteiger partial charge in [0, 0.05) is 68.1 Å². The molecule has 50 heavy (non-hydrogen) atoms. The molecule has 0 fully saturated rings. The van der Waals surface area contributed by atoms with E-state index in [0.29, 0.717) is 19.0 Å². The van der Waals surface area contributed by atoms with Gasteiger partial charge >= 0.3 is 0 Å². The van der Waals surface area contributed by atoms with E-state index in [4.69, 9.17) is 28.6 Å². The fourth-order valence-corrected chi connectivity index (χ4v) is 7.04. The molecule has 11 heteroatoms. The van der Waals surface area contributed by atoms with Gasteiger partial charge in [0.25, 0.3) is 0 Å². The van der Waals surface area contributed by atoms with Gasteiger partial charge in [-0.1, -0.05) is 5.64 Å². The fraction of sp³-hybridized carbons (Fsp3) is 0.231. The first-order chi connectivity index (χ1) is 24.5. The average Bonchev–Trinajstić information content (AvgIpc) is 3.72. The van der Waals surface area contributed by atoms with Crippen LogP contribution in [0.15, 0.2) is 73.3 Å². The molecule has 8 aromatic rings. The molecule has 0 aliphatic carbocycles. The van der Waals surface area contributed by atoms with Crippen molar-refractivity contribution in [1.82, 2.24) is 25.6 Å². The van der Waals surface area contributed by atoms with E-state index in [0.717, 1.165) is 49.4 Å². The zero-order valence-electron chi connectivity index (χ0n) is 28.3. The number of aromatic amines is 2. The number of nitrogens with one attached hydrogen (secondary N) is 3. The minimum Gasteiger partial charge on any atom is -0.491 e. The molecule has 254 valence electrons. The van der Waals surface area contributed by atoms with E-state index in [1.807, 2.05) is 55.1 Å². The Kier molecular flexibility index (Phi) is 8.65. The molecule has 4 aromatic carbocycles. The number of rotatable bonds is 13. The number of aryl methyl sites for hydroxylation is 4. The first-order valence-corrected chi connectivity index (χ1v) is 16.5. The SMILES string of the molecule is Cc1c2ccncc2c(C)c2c1[nH]c1ccc(OCCOCONOCOCOc3ccc4[nH]c5c(C)c6ccncc6c(C)c5c4c3)cc12. The smallest absolute Gasteiger partial charge is 0.191 e. The van der Waals surface area contributed by atoms with E-state index >= 15 is 0 Å². The Morgan fingerprint density at radius 3 is 1.66 bits per heavy atom. The molecular formula is C39H37N5O6. The van der Waals surface area contributed by atoms with Crippen LogP contribution in [0.3, 0.4) is 0 Å². The predicted octanol–water partition coefficient (Wildman–Crippen LogP) is 8.10. The molecule has 0 bridgehead atoms. The molecule has 0 amide bonds. The minimum atomic E-state index is -0.0860. The third-order valence-corrected chi connectivity index (χ3v) is 9.51. The summed E-state index contributed by atoms with van der Waals surface area (Å²) in [4.78, 5) is 26.1. The lowest BCUT2D eigenvalue weighted by atomic mass is 9.97. The highest BCUT2D eigenvalue weighted by molar-refractivity contribution is 6.17. The number of hydrogen-bond donors (Lipinski definition) is 3. The van der Waals surface area contributed by atoms with Crippen molar-refractivity contribution >= 4 is 65.2 Å². The lowest BCUT2D eigenvalue weighted by molar-refractivity contribution is -0.258. The normalized spacial score (nSPS) is 12.0. The number of fused-ring (bicyclic) bond motifs is 8. The van der Waals surface area contributed by atoms with Gasteiger partial charge in [0.05, 0.1) is 17.6 Å². The number of benzene rings is 4. The standard InChI is InChI=1S/C39H37N5O6/c1-22-32-17-40-11-9-28(32)24(3)38-36(22)30-15-26(5-7-34(30)42-38)47-14-13-45-20-49-44-50-21-46-19-48-27-6-8-35-31(16-27)37-23(2)33-18-41-12-10-29(33)25(4)39(37)43-35/h5-12,15-18,42-44H,13-14,19-21H2,1-4H3. The van der Waals surface area contributed by atoms with E-state index in [2.05, 4.69) is 71.5 Å². The van der Waals surface area contributed by atoms with Crippen LogP contribution in [0.5, 0.6) is 11.5 Å². The number of aromatic nitrogens is 4. The molecule has 0 saturated heterocycles. The lowest BCUT2D eigenvalue weighted by Crippen LogP contribution is -2.21. The fourth-order valence-electron chi connectivity index (χ4n) is 7.04. The highest BCUT2D eigenvalue weighted by Gasteiger charge is 2.16. The predicted molar refractivity (Wildman–Crippen MR) is 194 cm³/mol. The summed E-state index contributed by atoms with van der Waals surface area (Å²) in [7, 11) is 0. The molecule has 0 saturated carbocycles. The minimum absolute atomic E-state index is 0.00551. The van der Waals surface area contributed by atoms with Crippen molar-refractivity contribution in [3.8, 4) is 11.5 Å². The van der Waals surface area contributed by atoms with Gasteiger partial charge in [0.15, 0.2) is 20.4 Å². The van der Waals surface area contributed by atoms with Crippen LogP contribution in [0, 0.1) is 27.7 Å². The molecule has 0 radical (unpaired) electrons. The Hall–Kier alpha value is -5.30. The van der Waals surface area contributed by atoms with Gasteiger partial charge in [-0.15, -0.1) is 0 Å². The zero-order valence-corrected chi connectivity index (χ0v) is 28.3. The zero-order chi connectivity index (χ0) is 34.2. The summed E-state index contributed by atoms with van der Waals surface area (Å²) in [5, 5.41) is 9.30. The van der Waals surface area contributed by atoms with E-state index in [-0.39, 0.29) is 20.4 Å². The first-order valence-electron chi connectivity index (χ1n) is 16.5.